The van der Waals surface area contributed by atoms with Gasteiger partial charge < -0.3 is 9.84 Å². The number of β-lactam (4-membered cyclic amide) rings is 1. The zero-order chi connectivity index (χ0) is 11.2. The highest BCUT2D eigenvalue weighted by Crippen LogP contribution is 2.40. The van der Waals surface area contributed by atoms with Crippen LogP contribution in [-0.2, 0) is 14.3 Å². The third-order valence-corrected chi connectivity index (χ3v) is 3.97. The smallest absolute Gasteiger partial charge is 0.352 e. The summed E-state index contributed by atoms with van der Waals surface area (Å²) in [7, 11) is 1.46. The summed E-state index contributed by atoms with van der Waals surface area (Å²) in [6.07, 6.45) is -0.488. The molecule has 0 aromatic heterocycles. The molecule has 1 saturated heterocycles. The van der Waals surface area contributed by atoms with Crippen molar-refractivity contribution in [3.63, 3.8) is 0 Å². The summed E-state index contributed by atoms with van der Waals surface area (Å²) >= 11 is 1.54. The summed E-state index contributed by atoms with van der Waals surface area (Å²) < 4.78 is 5.00. The molecule has 0 aromatic carbocycles. The molecule has 2 heterocycles. The van der Waals surface area contributed by atoms with Gasteiger partial charge in [0, 0.05) is 12.9 Å². The van der Waals surface area contributed by atoms with Gasteiger partial charge in [-0.05, 0) is 12.5 Å². The van der Waals surface area contributed by atoms with Crippen molar-refractivity contribution in [1.82, 2.24) is 4.90 Å². The van der Waals surface area contributed by atoms with Crippen LogP contribution in [0.2, 0.25) is 0 Å². The Morgan fingerprint density at radius 1 is 1.67 bits per heavy atom. The van der Waals surface area contributed by atoms with E-state index >= 15 is 0 Å². The number of amides is 1. The maximum atomic E-state index is 11.6. The van der Waals surface area contributed by atoms with Crippen LogP contribution in [0.4, 0.5) is 0 Å². The van der Waals surface area contributed by atoms with Gasteiger partial charge in [0.1, 0.15) is 11.1 Å². The first-order valence-electron chi connectivity index (χ1n) is 4.48. The van der Waals surface area contributed by atoms with E-state index in [2.05, 4.69) is 0 Å². The molecule has 0 radical (unpaired) electrons. The van der Waals surface area contributed by atoms with Gasteiger partial charge in [-0.25, -0.2) is 4.79 Å². The Morgan fingerprint density at radius 3 is 2.87 bits per heavy atom. The molecule has 0 saturated carbocycles. The number of carboxylic acid groups (broad SMARTS) is 1. The van der Waals surface area contributed by atoms with Crippen molar-refractivity contribution in [1.29, 1.82) is 0 Å². The minimum Gasteiger partial charge on any atom is -0.477 e. The summed E-state index contributed by atoms with van der Waals surface area (Å²) in [5.74, 6) is -0.664. The van der Waals surface area contributed by atoms with Crippen LogP contribution in [0.25, 0.3) is 0 Å². The number of carbonyl (C=O) groups excluding carboxylic acids is 1. The molecule has 82 valence electrons. The van der Waals surface area contributed by atoms with Gasteiger partial charge >= 0.3 is 5.97 Å². The summed E-state index contributed by atoms with van der Waals surface area (Å²) in [5, 5.41) is 8.84. The quantitative estimate of drug-likeness (QED) is 0.689. The molecule has 2 atom stereocenters. The van der Waals surface area contributed by atoms with E-state index in [0.29, 0.717) is 5.75 Å². The molecule has 1 N–H and O–H groups in total. The van der Waals surface area contributed by atoms with Gasteiger partial charge in [-0.2, -0.15) is 0 Å². The number of fused-ring (bicyclic) bond motifs is 1. The molecule has 5 nitrogen and oxygen atoms in total. The second-order valence-electron chi connectivity index (χ2n) is 3.50. The van der Waals surface area contributed by atoms with E-state index in [0.717, 1.165) is 5.57 Å². The highest BCUT2D eigenvalue weighted by atomic mass is 32.2. The first-order valence-corrected chi connectivity index (χ1v) is 5.53. The van der Waals surface area contributed by atoms with E-state index in [9.17, 15) is 9.59 Å². The third kappa shape index (κ3) is 1.36. The molecule has 1 fully saturated rings. The standard InChI is InChI=1S/C9H11NO4S/c1-4-3-15-8-6(14-2)7(11)10(8)5(4)9(12)13/h6,8H,3H2,1-2H3,(H,12,13)/t6-,8?/m0/s1. The van der Waals surface area contributed by atoms with Gasteiger partial charge in [-0.15, -0.1) is 11.8 Å². The van der Waals surface area contributed by atoms with Gasteiger partial charge in [0.2, 0.25) is 0 Å². The molecule has 0 bridgehead atoms. The first kappa shape index (κ1) is 10.5. The van der Waals surface area contributed by atoms with Crippen LogP contribution in [0, 0.1) is 0 Å². The van der Waals surface area contributed by atoms with Crippen molar-refractivity contribution in [3.8, 4) is 0 Å². The fraction of sp³-hybridized carbons (Fsp3) is 0.556. The van der Waals surface area contributed by atoms with Crippen LogP contribution >= 0.6 is 11.8 Å². The van der Waals surface area contributed by atoms with Crippen molar-refractivity contribution in [3.05, 3.63) is 11.3 Å². The minimum atomic E-state index is -1.04. The molecule has 6 heteroatoms. The Balaban J connectivity index is 2.32. The SMILES string of the molecule is CO[C@H]1C(=O)N2C(C(=O)O)=C(C)CSC12. The van der Waals surface area contributed by atoms with Crippen molar-refractivity contribution >= 4 is 23.6 Å². The lowest BCUT2D eigenvalue weighted by Gasteiger charge is -2.48. The van der Waals surface area contributed by atoms with E-state index in [1.165, 1.54) is 23.8 Å². The average Bonchev–Trinajstić information content (AvgIpc) is 2.18. The normalized spacial score (nSPS) is 30.0. The minimum absolute atomic E-state index is 0.122. The highest BCUT2D eigenvalue weighted by Gasteiger charge is 2.53. The number of nitrogens with zero attached hydrogens (tertiary/aromatic N) is 1. The maximum absolute atomic E-state index is 11.6. The van der Waals surface area contributed by atoms with Crippen LogP contribution in [0.15, 0.2) is 11.3 Å². The molecule has 0 spiro atoms. The van der Waals surface area contributed by atoms with Crippen LogP contribution < -0.4 is 0 Å². The predicted octanol–water partition coefficient (Wildman–Crippen LogP) is 0.275. The lowest BCUT2D eigenvalue weighted by atomic mass is 10.1. The highest BCUT2D eigenvalue weighted by molar-refractivity contribution is 8.00. The van der Waals surface area contributed by atoms with Gasteiger partial charge in [0.15, 0.2) is 6.10 Å². The number of hydrogen-bond acceptors (Lipinski definition) is 4. The summed E-state index contributed by atoms with van der Waals surface area (Å²) in [5.41, 5.74) is 0.851. The van der Waals surface area contributed by atoms with Crippen LogP contribution in [0.1, 0.15) is 6.92 Å². The number of carbonyl (C=O) groups is 2. The molecule has 1 unspecified atom stereocenters. The molecule has 0 aliphatic carbocycles. The van der Waals surface area contributed by atoms with Gasteiger partial charge in [0.05, 0.1) is 0 Å². The van der Waals surface area contributed by atoms with Crippen molar-refractivity contribution in [2.45, 2.75) is 18.4 Å². The zero-order valence-electron chi connectivity index (χ0n) is 8.39. The number of aliphatic carboxylic acids is 1. The van der Waals surface area contributed by atoms with Crippen LogP contribution in [0.5, 0.6) is 0 Å². The lowest BCUT2D eigenvalue weighted by Crippen LogP contribution is -2.65. The molecule has 15 heavy (non-hydrogen) atoms. The first-order chi connectivity index (χ1) is 7.07. The molecule has 2 rings (SSSR count). The average molecular weight is 229 g/mol. The number of ether oxygens (including phenoxy) is 1. The van der Waals surface area contributed by atoms with Gasteiger partial charge in [-0.1, -0.05) is 0 Å². The Hall–Kier alpha value is -1.01. The molecule has 2 aliphatic heterocycles. The fourth-order valence-electron chi connectivity index (χ4n) is 1.82. The van der Waals surface area contributed by atoms with E-state index in [-0.39, 0.29) is 17.0 Å². The van der Waals surface area contributed by atoms with Gasteiger partial charge in [-0.3, -0.25) is 9.69 Å². The number of hydrogen-bond donors (Lipinski definition) is 1. The summed E-state index contributed by atoms with van der Waals surface area (Å²) in [4.78, 5) is 23.9. The molecule has 0 aromatic rings. The number of methoxy groups -OCH3 is 1. The second kappa shape index (κ2) is 3.53. The Labute approximate surface area is 91.1 Å². The van der Waals surface area contributed by atoms with Crippen molar-refractivity contribution in [2.24, 2.45) is 0 Å². The summed E-state index contributed by atoms with van der Waals surface area (Å²) in [6.45, 7) is 1.74. The number of rotatable bonds is 2. The molecular weight excluding hydrogens is 218 g/mol. The Kier molecular flexibility index (Phi) is 2.47. The number of carboxylic acids is 1. The number of thioether (sulfide) groups is 1. The Bertz CT molecular complexity index is 365. The summed E-state index contributed by atoms with van der Waals surface area (Å²) in [6, 6.07) is 0. The van der Waals surface area contributed by atoms with E-state index in [1.807, 2.05) is 0 Å². The predicted molar refractivity (Wildman–Crippen MR) is 54.2 cm³/mol. The van der Waals surface area contributed by atoms with E-state index in [1.54, 1.807) is 6.92 Å². The van der Waals surface area contributed by atoms with Crippen LogP contribution in [0.3, 0.4) is 0 Å². The van der Waals surface area contributed by atoms with E-state index in [4.69, 9.17) is 9.84 Å². The van der Waals surface area contributed by atoms with Crippen molar-refractivity contribution < 1.29 is 19.4 Å². The maximum Gasteiger partial charge on any atom is 0.352 e. The molecule has 2 aliphatic rings. The zero-order valence-corrected chi connectivity index (χ0v) is 9.21. The topological polar surface area (TPSA) is 66.8 Å². The largest absolute Gasteiger partial charge is 0.477 e. The van der Waals surface area contributed by atoms with Crippen LogP contribution in [-0.4, -0.2) is 46.2 Å². The second-order valence-corrected chi connectivity index (χ2v) is 4.61. The molecular formula is C9H11NO4S. The Morgan fingerprint density at radius 2 is 2.33 bits per heavy atom. The van der Waals surface area contributed by atoms with Crippen molar-refractivity contribution in [2.75, 3.05) is 12.9 Å². The monoisotopic (exact) mass is 229 g/mol. The third-order valence-electron chi connectivity index (χ3n) is 2.57. The lowest BCUT2D eigenvalue weighted by molar-refractivity contribution is -0.162. The van der Waals surface area contributed by atoms with Gasteiger partial charge in [0.25, 0.3) is 5.91 Å². The fourth-order valence-corrected chi connectivity index (χ4v) is 3.14. The van der Waals surface area contributed by atoms with E-state index < -0.39 is 12.1 Å². The molecule has 1 amide bonds.